The Labute approximate surface area is 155 Å². The first-order chi connectivity index (χ1) is 13.2. The van der Waals surface area contributed by atoms with E-state index in [2.05, 4.69) is 0 Å². The molecule has 12 nitrogen and oxygen atoms in total. The van der Waals surface area contributed by atoms with Crippen molar-refractivity contribution in [2.45, 2.75) is 12.2 Å². The van der Waals surface area contributed by atoms with Crippen LogP contribution in [0, 0.1) is 20.2 Å². The number of esters is 2. The molecule has 0 saturated carbocycles. The van der Waals surface area contributed by atoms with Crippen LogP contribution in [0.4, 0.5) is 11.4 Å². The summed E-state index contributed by atoms with van der Waals surface area (Å²) in [7, 11) is 0. The monoisotopic (exact) mass is 392 g/mol. The van der Waals surface area contributed by atoms with E-state index in [0.717, 1.165) is 48.5 Å². The molecule has 0 aliphatic heterocycles. The maximum atomic E-state index is 11.8. The van der Waals surface area contributed by atoms with Gasteiger partial charge in [0.1, 0.15) is 11.5 Å². The molecule has 0 radical (unpaired) electrons. The van der Waals surface area contributed by atoms with Crippen LogP contribution in [0.25, 0.3) is 0 Å². The lowest BCUT2D eigenvalue weighted by Crippen LogP contribution is -2.43. The molecule has 2 atom stereocenters. The van der Waals surface area contributed by atoms with Crippen molar-refractivity contribution in [1.82, 2.24) is 0 Å². The number of carbonyl (C=O) groups excluding carboxylic acids is 2. The number of nitro benzene ring substituents is 2. The fourth-order valence-electron chi connectivity index (χ4n) is 1.88. The number of benzene rings is 2. The predicted octanol–water partition coefficient (Wildman–Crippen LogP) is 0.736. The zero-order valence-corrected chi connectivity index (χ0v) is 13.8. The lowest BCUT2D eigenvalue weighted by molar-refractivity contribution is -0.385. The Kier molecular flexibility index (Phi) is 6.31. The minimum Gasteiger partial charge on any atom is -0.425 e. The average Bonchev–Trinajstić information content (AvgIpc) is 2.67. The molecular weight excluding hydrogens is 380 g/mol. The van der Waals surface area contributed by atoms with Crippen LogP contribution in [0.3, 0.4) is 0 Å². The molecule has 2 unspecified atom stereocenters. The number of hydrogen-bond donors (Lipinski definition) is 2. The van der Waals surface area contributed by atoms with Crippen LogP contribution < -0.4 is 9.47 Å². The molecule has 0 aromatic heterocycles. The standard InChI is InChI=1S/C16H12N2O10/c19-13(15(21)27-11-5-1-9(2-6-11)17(23)24)14(20)16(22)28-12-7-3-10(4-8-12)18(25)26/h1-8,13-14,19-20H. The average molecular weight is 392 g/mol. The Morgan fingerprint density at radius 3 is 1.25 bits per heavy atom. The molecule has 2 aromatic carbocycles. The Balaban J connectivity index is 1.96. The molecule has 2 rings (SSSR count). The lowest BCUT2D eigenvalue weighted by atomic mass is 10.2. The summed E-state index contributed by atoms with van der Waals surface area (Å²) in [5, 5.41) is 40.6. The fraction of sp³-hybridized carbons (Fsp3) is 0.125. The third kappa shape index (κ3) is 5.06. The highest BCUT2D eigenvalue weighted by molar-refractivity contribution is 5.87. The topological polar surface area (TPSA) is 179 Å². The summed E-state index contributed by atoms with van der Waals surface area (Å²) in [4.78, 5) is 43.4. The van der Waals surface area contributed by atoms with Crippen LogP contribution in [0.1, 0.15) is 0 Å². The zero-order valence-electron chi connectivity index (χ0n) is 13.8. The van der Waals surface area contributed by atoms with Gasteiger partial charge >= 0.3 is 11.9 Å². The van der Waals surface area contributed by atoms with Crippen LogP contribution in [0.2, 0.25) is 0 Å². The van der Waals surface area contributed by atoms with Crippen LogP contribution in [-0.2, 0) is 9.59 Å². The SMILES string of the molecule is O=C(Oc1ccc([N+](=O)[O-])cc1)C(O)C(O)C(=O)Oc1ccc([N+](=O)[O-])cc1. The number of non-ortho nitro benzene ring substituents is 2. The van der Waals surface area contributed by atoms with Crippen molar-refractivity contribution in [3.63, 3.8) is 0 Å². The Bertz CT molecular complexity index is 819. The van der Waals surface area contributed by atoms with Crippen LogP contribution in [0.15, 0.2) is 48.5 Å². The van der Waals surface area contributed by atoms with Crippen molar-refractivity contribution < 1.29 is 39.1 Å². The summed E-state index contributed by atoms with van der Waals surface area (Å²) in [6.45, 7) is 0. The molecule has 0 fully saturated rings. The summed E-state index contributed by atoms with van der Waals surface area (Å²) in [6.07, 6.45) is -4.61. The molecule has 146 valence electrons. The first-order valence-corrected chi connectivity index (χ1v) is 7.47. The van der Waals surface area contributed by atoms with Crippen LogP contribution >= 0.6 is 0 Å². The highest BCUT2D eigenvalue weighted by Gasteiger charge is 2.33. The number of aliphatic hydroxyl groups excluding tert-OH is 2. The lowest BCUT2D eigenvalue weighted by Gasteiger charge is -2.15. The van der Waals surface area contributed by atoms with E-state index >= 15 is 0 Å². The van der Waals surface area contributed by atoms with Gasteiger partial charge in [-0.3, -0.25) is 20.2 Å². The van der Waals surface area contributed by atoms with Crippen molar-refractivity contribution in [3.05, 3.63) is 68.8 Å². The van der Waals surface area contributed by atoms with Gasteiger partial charge in [-0.05, 0) is 24.3 Å². The van der Waals surface area contributed by atoms with Crippen molar-refractivity contribution in [2.24, 2.45) is 0 Å². The first-order valence-electron chi connectivity index (χ1n) is 7.47. The number of rotatable bonds is 7. The van der Waals surface area contributed by atoms with E-state index in [-0.39, 0.29) is 22.9 Å². The number of carbonyl (C=O) groups is 2. The zero-order chi connectivity index (χ0) is 20.8. The molecule has 0 spiro atoms. The molecule has 0 aliphatic carbocycles. The molecule has 12 heteroatoms. The highest BCUT2D eigenvalue weighted by Crippen LogP contribution is 2.19. The molecule has 2 aromatic rings. The third-order valence-electron chi connectivity index (χ3n) is 3.31. The molecule has 0 amide bonds. The second kappa shape index (κ2) is 8.66. The summed E-state index contributed by atoms with van der Waals surface area (Å²) >= 11 is 0. The van der Waals surface area contributed by atoms with E-state index in [4.69, 9.17) is 9.47 Å². The van der Waals surface area contributed by atoms with E-state index in [0.29, 0.717) is 0 Å². The molecule has 0 bridgehead atoms. The third-order valence-corrected chi connectivity index (χ3v) is 3.31. The summed E-state index contributed by atoms with van der Waals surface area (Å²) in [6, 6.07) is 8.55. The molecule has 0 aliphatic rings. The first kappa shape index (κ1) is 20.4. The summed E-state index contributed by atoms with van der Waals surface area (Å²) in [5.74, 6) is -3.12. The molecule has 0 heterocycles. The van der Waals surface area contributed by atoms with Gasteiger partial charge in [-0.2, -0.15) is 0 Å². The maximum absolute atomic E-state index is 11.8. The fourth-order valence-corrected chi connectivity index (χ4v) is 1.88. The summed E-state index contributed by atoms with van der Waals surface area (Å²) < 4.78 is 9.44. The maximum Gasteiger partial charge on any atom is 0.343 e. The van der Waals surface area contributed by atoms with Gasteiger partial charge in [0.2, 0.25) is 0 Å². The normalized spacial score (nSPS) is 12.5. The molecular formula is C16H12N2O10. The minimum atomic E-state index is -2.30. The molecule has 28 heavy (non-hydrogen) atoms. The van der Waals surface area contributed by atoms with E-state index in [1.807, 2.05) is 0 Å². The van der Waals surface area contributed by atoms with E-state index in [1.54, 1.807) is 0 Å². The van der Waals surface area contributed by atoms with Crippen molar-refractivity contribution in [2.75, 3.05) is 0 Å². The number of hydrogen-bond acceptors (Lipinski definition) is 10. The van der Waals surface area contributed by atoms with E-state index in [9.17, 15) is 40.0 Å². The Hall–Kier alpha value is -3.90. The van der Waals surface area contributed by atoms with Crippen molar-refractivity contribution in [1.29, 1.82) is 0 Å². The van der Waals surface area contributed by atoms with Crippen molar-refractivity contribution in [3.8, 4) is 11.5 Å². The summed E-state index contributed by atoms with van der Waals surface area (Å²) in [5.41, 5.74) is -0.515. The minimum absolute atomic E-state index is 0.161. The number of ether oxygens (including phenoxy) is 2. The number of nitrogens with zero attached hydrogens (tertiary/aromatic N) is 2. The van der Waals surface area contributed by atoms with Gasteiger partial charge in [0.15, 0.2) is 12.2 Å². The van der Waals surface area contributed by atoms with Gasteiger partial charge in [0.05, 0.1) is 9.85 Å². The van der Waals surface area contributed by atoms with Crippen LogP contribution in [0.5, 0.6) is 11.5 Å². The van der Waals surface area contributed by atoms with Gasteiger partial charge < -0.3 is 19.7 Å². The van der Waals surface area contributed by atoms with Gasteiger partial charge in [-0.25, -0.2) is 9.59 Å². The van der Waals surface area contributed by atoms with Crippen molar-refractivity contribution >= 4 is 23.3 Å². The quantitative estimate of drug-likeness (QED) is 0.295. The smallest absolute Gasteiger partial charge is 0.343 e. The Morgan fingerprint density at radius 1 is 0.714 bits per heavy atom. The number of aliphatic hydroxyl groups is 2. The highest BCUT2D eigenvalue weighted by atomic mass is 16.6. The molecule has 0 saturated heterocycles. The van der Waals surface area contributed by atoms with Gasteiger partial charge in [-0.1, -0.05) is 0 Å². The Morgan fingerprint density at radius 2 is 1.00 bits per heavy atom. The van der Waals surface area contributed by atoms with Gasteiger partial charge in [0.25, 0.3) is 11.4 Å². The largest absolute Gasteiger partial charge is 0.425 e. The van der Waals surface area contributed by atoms with Gasteiger partial charge in [0, 0.05) is 24.3 Å². The second-order valence-corrected chi connectivity index (χ2v) is 5.23. The van der Waals surface area contributed by atoms with Gasteiger partial charge in [-0.15, -0.1) is 0 Å². The molecule has 2 N–H and O–H groups in total. The predicted molar refractivity (Wildman–Crippen MR) is 89.5 cm³/mol. The number of nitro groups is 2. The second-order valence-electron chi connectivity index (χ2n) is 5.23. The van der Waals surface area contributed by atoms with E-state index < -0.39 is 34.0 Å². The van der Waals surface area contributed by atoms with E-state index in [1.165, 1.54) is 0 Å². The van der Waals surface area contributed by atoms with Crippen LogP contribution in [-0.4, -0.2) is 44.2 Å².